The van der Waals surface area contributed by atoms with Crippen LogP contribution in [0.4, 0.5) is 4.39 Å². The number of rotatable bonds is 6. The van der Waals surface area contributed by atoms with Gasteiger partial charge in [-0.3, -0.25) is 4.79 Å². The molecule has 31 heavy (non-hydrogen) atoms. The third-order valence-corrected chi connectivity index (χ3v) is 5.41. The minimum Gasteiger partial charge on any atom is -0.497 e. The van der Waals surface area contributed by atoms with Crippen molar-refractivity contribution in [2.24, 2.45) is 5.92 Å². The van der Waals surface area contributed by atoms with Gasteiger partial charge in [-0.1, -0.05) is 29.4 Å². The highest BCUT2D eigenvalue weighted by molar-refractivity contribution is 5.91. The summed E-state index contributed by atoms with van der Waals surface area (Å²) in [6.45, 7) is 1.36. The fourth-order valence-corrected chi connectivity index (χ4v) is 3.76. The second-order valence-corrected chi connectivity index (χ2v) is 7.59. The van der Waals surface area contributed by atoms with Gasteiger partial charge in [0.2, 0.25) is 17.6 Å². The lowest BCUT2D eigenvalue weighted by molar-refractivity contribution is -0.127. The molecule has 2 heterocycles. The molecule has 0 bridgehead atoms. The molecule has 4 rings (SSSR count). The molecule has 1 saturated heterocycles. The number of carbonyl (C=O) groups is 1. The van der Waals surface area contributed by atoms with Gasteiger partial charge in [0.15, 0.2) is 0 Å². The van der Waals surface area contributed by atoms with E-state index in [0.29, 0.717) is 24.4 Å². The van der Waals surface area contributed by atoms with Gasteiger partial charge in [-0.15, -0.1) is 0 Å². The van der Waals surface area contributed by atoms with Gasteiger partial charge in [0, 0.05) is 25.6 Å². The van der Waals surface area contributed by atoms with Crippen molar-refractivity contribution in [3.63, 3.8) is 0 Å². The third kappa shape index (κ3) is 5.17. The molecule has 160 valence electrons. The maximum Gasteiger partial charge on any atom is 0.246 e. The van der Waals surface area contributed by atoms with Gasteiger partial charge >= 0.3 is 0 Å². The topological polar surface area (TPSA) is 68.5 Å². The molecular weight excluding hydrogens is 397 g/mol. The minimum atomic E-state index is -0.382. The Labute approximate surface area is 180 Å². The molecule has 0 radical (unpaired) electrons. The summed E-state index contributed by atoms with van der Waals surface area (Å²) < 4.78 is 24.4. The first kappa shape index (κ1) is 20.8. The highest BCUT2D eigenvalue weighted by Gasteiger charge is 2.25. The molecule has 3 aromatic rings. The third-order valence-electron chi connectivity index (χ3n) is 5.41. The Balaban J connectivity index is 1.35. The van der Waals surface area contributed by atoms with Crippen LogP contribution in [0.2, 0.25) is 0 Å². The van der Waals surface area contributed by atoms with Crippen molar-refractivity contribution in [1.82, 2.24) is 15.0 Å². The normalized spacial score (nSPS) is 16.6. The van der Waals surface area contributed by atoms with Gasteiger partial charge in [-0.05, 0) is 54.7 Å². The van der Waals surface area contributed by atoms with Crippen LogP contribution in [0.5, 0.6) is 5.75 Å². The number of nitrogens with zero attached hydrogens (tertiary/aromatic N) is 3. The molecule has 6 nitrogen and oxygen atoms in total. The maximum absolute atomic E-state index is 13.9. The van der Waals surface area contributed by atoms with Crippen LogP contribution in [0.1, 0.15) is 24.3 Å². The number of aromatic nitrogens is 2. The van der Waals surface area contributed by atoms with Gasteiger partial charge in [0.25, 0.3) is 0 Å². The first-order chi connectivity index (χ1) is 15.1. The molecule has 1 aliphatic rings. The zero-order chi connectivity index (χ0) is 21.6. The van der Waals surface area contributed by atoms with Gasteiger partial charge in [-0.25, -0.2) is 4.39 Å². The number of methoxy groups -OCH3 is 1. The molecule has 1 amide bonds. The van der Waals surface area contributed by atoms with E-state index in [9.17, 15) is 9.18 Å². The summed E-state index contributed by atoms with van der Waals surface area (Å²) in [5.41, 5.74) is 1.26. The second kappa shape index (κ2) is 9.55. The molecule has 0 unspecified atom stereocenters. The van der Waals surface area contributed by atoms with E-state index in [0.717, 1.165) is 30.7 Å². The molecule has 1 aliphatic heterocycles. The molecule has 1 atom stereocenters. The average Bonchev–Trinajstić information content (AvgIpc) is 3.26. The van der Waals surface area contributed by atoms with Crippen molar-refractivity contribution in [1.29, 1.82) is 0 Å². The zero-order valence-electron chi connectivity index (χ0n) is 17.3. The van der Waals surface area contributed by atoms with Crippen molar-refractivity contribution in [2.75, 3.05) is 20.2 Å². The summed E-state index contributed by atoms with van der Waals surface area (Å²) in [5.74, 6) is 1.32. The van der Waals surface area contributed by atoms with Crippen molar-refractivity contribution in [3.05, 3.63) is 71.9 Å². The predicted molar refractivity (Wildman–Crippen MR) is 115 cm³/mol. The molecule has 1 fully saturated rings. The molecule has 7 heteroatoms. The smallest absolute Gasteiger partial charge is 0.246 e. The van der Waals surface area contributed by atoms with E-state index in [1.54, 1.807) is 31.4 Å². The Morgan fingerprint density at radius 1 is 1.26 bits per heavy atom. The van der Waals surface area contributed by atoms with Crippen LogP contribution in [-0.4, -0.2) is 41.1 Å². The number of carbonyl (C=O) groups excluding carboxylic acids is 1. The van der Waals surface area contributed by atoms with Crippen LogP contribution >= 0.6 is 0 Å². The monoisotopic (exact) mass is 421 g/mol. The van der Waals surface area contributed by atoms with E-state index in [2.05, 4.69) is 10.1 Å². The number of benzene rings is 2. The lowest BCUT2D eigenvalue weighted by Gasteiger charge is -2.31. The summed E-state index contributed by atoms with van der Waals surface area (Å²) in [6, 6.07) is 13.9. The summed E-state index contributed by atoms with van der Waals surface area (Å²) in [7, 11) is 1.62. The summed E-state index contributed by atoms with van der Waals surface area (Å²) in [5, 5.41) is 3.92. The largest absolute Gasteiger partial charge is 0.497 e. The van der Waals surface area contributed by atoms with Crippen LogP contribution in [0.15, 0.2) is 59.1 Å². The van der Waals surface area contributed by atoms with Gasteiger partial charge < -0.3 is 14.2 Å². The van der Waals surface area contributed by atoms with Gasteiger partial charge in [-0.2, -0.15) is 4.98 Å². The van der Waals surface area contributed by atoms with E-state index in [4.69, 9.17) is 9.26 Å². The molecule has 0 spiro atoms. The van der Waals surface area contributed by atoms with Crippen LogP contribution in [0.25, 0.3) is 17.5 Å². The molecule has 1 aromatic heterocycles. The van der Waals surface area contributed by atoms with Crippen LogP contribution in [0, 0.1) is 11.7 Å². The van der Waals surface area contributed by atoms with Crippen molar-refractivity contribution >= 4 is 12.0 Å². The molecule has 0 saturated carbocycles. The maximum atomic E-state index is 13.9. The fourth-order valence-electron chi connectivity index (χ4n) is 3.76. The van der Waals surface area contributed by atoms with Crippen LogP contribution < -0.4 is 4.74 Å². The van der Waals surface area contributed by atoms with E-state index < -0.39 is 0 Å². The zero-order valence-corrected chi connectivity index (χ0v) is 17.3. The summed E-state index contributed by atoms with van der Waals surface area (Å²) in [6.07, 6.45) is 5.87. The number of hydrogen-bond donors (Lipinski definition) is 0. The van der Waals surface area contributed by atoms with E-state index >= 15 is 0 Å². The first-order valence-corrected chi connectivity index (χ1v) is 10.3. The van der Waals surface area contributed by atoms with E-state index in [-0.39, 0.29) is 23.5 Å². The number of likely N-dealkylation sites (tertiary alicyclic amines) is 1. The van der Waals surface area contributed by atoms with Crippen LogP contribution in [0.3, 0.4) is 0 Å². The first-order valence-electron chi connectivity index (χ1n) is 10.3. The predicted octanol–water partition coefficient (Wildman–Crippen LogP) is 4.38. The van der Waals surface area contributed by atoms with Crippen LogP contribution in [-0.2, 0) is 11.2 Å². The summed E-state index contributed by atoms with van der Waals surface area (Å²) in [4.78, 5) is 18.8. The highest BCUT2D eigenvalue weighted by atomic mass is 19.1. The van der Waals surface area contributed by atoms with Gasteiger partial charge in [0.05, 0.1) is 12.7 Å². The lowest BCUT2D eigenvalue weighted by atomic mass is 9.94. The summed E-state index contributed by atoms with van der Waals surface area (Å²) >= 11 is 0. The number of hydrogen-bond acceptors (Lipinski definition) is 5. The second-order valence-electron chi connectivity index (χ2n) is 7.59. The number of halogens is 1. The Bertz CT molecular complexity index is 1060. The SMILES string of the molecule is COc1ccc(/C=C\C(=O)N2CCC[C@H](Cc3nc(-c4ccccc4F)no3)C2)cc1. The minimum absolute atomic E-state index is 0.0157. The quantitative estimate of drug-likeness (QED) is 0.553. The number of amides is 1. The Morgan fingerprint density at radius 2 is 2.06 bits per heavy atom. The molecule has 0 aliphatic carbocycles. The van der Waals surface area contributed by atoms with Crippen molar-refractivity contribution in [2.45, 2.75) is 19.3 Å². The Kier molecular flexibility index (Phi) is 6.40. The van der Waals surface area contributed by atoms with E-state index in [1.807, 2.05) is 35.2 Å². The molecule has 2 aromatic carbocycles. The molecule has 0 N–H and O–H groups in total. The fraction of sp³-hybridized carbons (Fsp3) is 0.292. The number of ether oxygens (including phenoxy) is 1. The Hall–Kier alpha value is -3.48. The van der Waals surface area contributed by atoms with Gasteiger partial charge in [0.1, 0.15) is 11.6 Å². The highest BCUT2D eigenvalue weighted by Crippen LogP contribution is 2.24. The van der Waals surface area contributed by atoms with E-state index in [1.165, 1.54) is 6.07 Å². The lowest BCUT2D eigenvalue weighted by Crippen LogP contribution is -2.39. The average molecular weight is 421 g/mol. The number of piperidine rings is 1. The van der Waals surface area contributed by atoms with Crippen molar-refractivity contribution < 1.29 is 18.4 Å². The molecular formula is C24H24FN3O3. The standard InChI is InChI=1S/C24H24FN3O3/c1-30-19-11-8-17(9-12-19)10-13-23(29)28-14-4-5-18(16-28)15-22-26-24(27-31-22)20-6-2-3-7-21(20)25/h2-3,6-13,18H,4-5,14-16H2,1H3/b13-10-/t18-/m1/s1. The van der Waals surface area contributed by atoms with Crippen molar-refractivity contribution in [3.8, 4) is 17.1 Å². The Morgan fingerprint density at radius 3 is 2.84 bits per heavy atom.